The summed E-state index contributed by atoms with van der Waals surface area (Å²) in [6, 6.07) is 16.2. The predicted molar refractivity (Wildman–Crippen MR) is 102 cm³/mol. The first kappa shape index (κ1) is 17.6. The van der Waals surface area contributed by atoms with E-state index in [4.69, 9.17) is 21.1 Å². The zero-order chi connectivity index (χ0) is 19.0. The maximum atomic E-state index is 15.1. The van der Waals surface area contributed by atoms with Crippen molar-refractivity contribution in [1.82, 2.24) is 0 Å². The second-order valence-corrected chi connectivity index (χ2v) is 6.69. The van der Waals surface area contributed by atoms with Gasteiger partial charge < -0.3 is 9.47 Å². The Bertz CT molecular complexity index is 1020. The van der Waals surface area contributed by atoms with E-state index in [1.807, 2.05) is 30.3 Å². The summed E-state index contributed by atoms with van der Waals surface area (Å²) in [5, 5.41) is 0.362. The molecule has 1 aliphatic rings. The molecule has 0 spiro atoms. The number of rotatable bonds is 4. The first-order valence-electron chi connectivity index (χ1n) is 8.49. The molecule has 0 bridgehead atoms. The topological polar surface area (TPSA) is 35.5 Å². The Balaban J connectivity index is 1.89. The van der Waals surface area contributed by atoms with Crippen molar-refractivity contribution < 1.29 is 18.7 Å². The lowest BCUT2D eigenvalue weighted by Crippen LogP contribution is -2.03. The first-order chi connectivity index (χ1) is 13.1. The summed E-state index contributed by atoms with van der Waals surface area (Å²) >= 11 is 6.45. The molecule has 3 nitrogen and oxygen atoms in total. The Morgan fingerprint density at radius 2 is 1.89 bits per heavy atom. The molecule has 3 aromatic carbocycles. The molecule has 1 atom stereocenters. The number of halogens is 2. The molecule has 0 radical (unpaired) electrons. The largest absolute Gasteiger partial charge is 0.494 e. The summed E-state index contributed by atoms with van der Waals surface area (Å²) in [6.07, 6.45) is 0.967. The van der Waals surface area contributed by atoms with E-state index in [0.717, 1.165) is 11.1 Å². The van der Waals surface area contributed by atoms with Gasteiger partial charge in [-0.05, 0) is 29.8 Å². The van der Waals surface area contributed by atoms with E-state index in [0.29, 0.717) is 29.0 Å². The van der Waals surface area contributed by atoms with Crippen LogP contribution < -0.4 is 9.47 Å². The summed E-state index contributed by atoms with van der Waals surface area (Å²) in [7, 11) is 1.38. The lowest BCUT2D eigenvalue weighted by molar-refractivity contribution is 0.112. The Morgan fingerprint density at radius 3 is 2.59 bits per heavy atom. The summed E-state index contributed by atoms with van der Waals surface area (Å²) in [6.45, 7) is 0. The van der Waals surface area contributed by atoms with Crippen LogP contribution in [-0.4, -0.2) is 13.4 Å². The molecule has 0 aromatic heterocycles. The number of carbonyl (C=O) groups is 1. The SMILES string of the molecule is COc1ccc(C=O)c(-c2c(Cl)ccc3c2CC(c2ccccc2)O3)c1F. The zero-order valence-electron chi connectivity index (χ0n) is 14.5. The molecule has 0 N–H and O–H groups in total. The van der Waals surface area contributed by atoms with E-state index in [2.05, 4.69) is 0 Å². The zero-order valence-corrected chi connectivity index (χ0v) is 15.3. The second-order valence-electron chi connectivity index (χ2n) is 6.28. The van der Waals surface area contributed by atoms with E-state index >= 15 is 4.39 Å². The first-order valence-corrected chi connectivity index (χ1v) is 8.87. The number of aldehydes is 1. The summed E-state index contributed by atoms with van der Waals surface area (Å²) < 4.78 is 26.3. The van der Waals surface area contributed by atoms with Gasteiger partial charge in [-0.25, -0.2) is 4.39 Å². The number of hydrogen-bond donors (Lipinski definition) is 0. The summed E-state index contributed by atoms with van der Waals surface area (Å²) in [5.41, 5.74) is 2.64. The fourth-order valence-corrected chi connectivity index (χ4v) is 3.77. The van der Waals surface area contributed by atoms with Crippen LogP contribution in [0.1, 0.15) is 27.6 Å². The molecule has 0 saturated carbocycles. The van der Waals surface area contributed by atoms with Crippen molar-refractivity contribution in [1.29, 1.82) is 0 Å². The van der Waals surface area contributed by atoms with Crippen molar-refractivity contribution in [2.75, 3.05) is 7.11 Å². The van der Waals surface area contributed by atoms with Crippen LogP contribution in [0.15, 0.2) is 54.6 Å². The Labute approximate surface area is 161 Å². The fourth-order valence-electron chi connectivity index (χ4n) is 3.50. The number of ether oxygens (including phenoxy) is 2. The van der Waals surface area contributed by atoms with Gasteiger partial charge in [0.1, 0.15) is 11.9 Å². The van der Waals surface area contributed by atoms with Crippen molar-refractivity contribution >= 4 is 17.9 Å². The lowest BCUT2D eigenvalue weighted by Gasteiger charge is -2.14. The van der Waals surface area contributed by atoms with Crippen LogP contribution in [0.4, 0.5) is 4.39 Å². The fraction of sp³-hybridized carbons (Fsp3) is 0.136. The van der Waals surface area contributed by atoms with Crippen LogP contribution in [0.2, 0.25) is 5.02 Å². The van der Waals surface area contributed by atoms with E-state index in [9.17, 15) is 4.79 Å². The Kier molecular flexibility index (Phi) is 4.58. The lowest BCUT2D eigenvalue weighted by atomic mass is 9.92. The molecular formula is C22H16ClFO3. The van der Waals surface area contributed by atoms with Gasteiger partial charge >= 0.3 is 0 Å². The third-order valence-electron chi connectivity index (χ3n) is 4.78. The van der Waals surface area contributed by atoms with Crippen molar-refractivity contribution in [2.45, 2.75) is 12.5 Å². The van der Waals surface area contributed by atoms with Crippen LogP contribution in [0.3, 0.4) is 0 Å². The molecular weight excluding hydrogens is 367 g/mol. The van der Waals surface area contributed by atoms with Crippen LogP contribution in [0, 0.1) is 5.82 Å². The minimum absolute atomic E-state index is 0.0581. The van der Waals surface area contributed by atoms with Gasteiger partial charge in [0.2, 0.25) is 0 Å². The van der Waals surface area contributed by atoms with Gasteiger partial charge in [0.15, 0.2) is 17.9 Å². The average Bonchev–Trinajstić information content (AvgIpc) is 3.13. The van der Waals surface area contributed by atoms with Crippen molar-refractivity contribution in [3.63, 3.8) is 0 Å². The second kappa shape index (κ2) is 7.05. The standard InChI is InChI=1S/C22H16ClFO3/c1-26-18-9-7-14(12-25)20(22(18)24)21-15-11-19(13-5-3-2-4-6-13)27-17(15)10-8-16(21)23/h2-10,12,19H,11H2,1H3. The maximum Gasteiger partial charge on any atom is 0.173 e. The normalized spacial score (nSPS) is 15.1. The van der Waals surface area contributed by atoms with E-state index in [-0.39, 0.29) is 23.0 Å². The summed E-state index contributed by atoms with van der Waals surface area (Å²) in [4.78, 5) is 11.6. The van der Waals surface area contributed by atoms with Crippen molar-refractivity contribution in [3.8, 4) is 22.6 Å². The molecule has 1 heterocycles. The van der Waals surface area contributed by atoms with Gasteiger partial charge in [0.25, 0.3) is 0 Å². The smallest absolute Gasteiger partial charge is 0.173 e. The van der Waals surface area contributed by atoms with Crippen molar-refractivity contribution in [3.05, 3.63) is 82.1 Å². The average molecular weight is 383 g/mol. The molecule has 0 amide bonds. The van der Waals surface area contributed by atoms with Gasteiger partial charge in [0, 0.05) is 33.7 Å². The van der Waals surface area contributed by atoms with Crippen molar-refractivity contribution in [2.24, 2.45) is 0 Å². The molecule has 27 heavy (non-hydrogen) atoms. The van der Waals surface area contributed by atoms with Gasteiger partial charge in [-0.15, -0.1) is 0 Å². The monoisotopic (exact) mass is 382 g/mol. The number of methoxy groups -OCH3 is 1. The van der Waals surface area contributed by atoms with Crippen LogP contribution in [0.5, 0.6) is 11.5 Å². The molecule has 0 aliphatic carbocycles. The van der Waals surface area contributed by atoms with Gasteiger partial charge in [0.05, 0.1) is 7.11 Å². The molecule has 1 unspecified atom stereocenters. The summed E-state index contributed by atoms with van der Waals surface area (Å²) in [5.74, 6) is 0.0886. The van der Waals surface area contributed by atoms with Gasteiger partial charge in [-0.1, -0.05) is 41.9 Å². The minimum Gasteiger partial charge on any atom is -0.494 e. The molecule has 0 fully saturated rings. The highest BCUT2D eigenvalue weighted by Gasteiger charge is 2.30. The van der Waals surface area contributed by atoms with E-state index in [1.165, 1.54) is 19.2 Å². The maximum absolute atomic E-state index is 15.1. The van der Waals surface area contributed by atoms with Crippen LogP contribution >= 0.6 is 11.6 Å². The van der Waals surface area contributed by atoms with Gasteiger partial charge in [-0.2, -0.15) is 0 Å². The quantitative estimate of drug-likeness (QED) is 0.547. The highest BCUT2D eigenvalue weighted by Crippen LogP contribution is 2.47. The Morgan fingerprint density at radius 1 is 1.11 bits per heavy atom. The van der Waals surface area contributed by atoms with E-state index in [1.54, 1.807) is 12.1 Å². The highest BCUT2D eigenvalue weighted by molar-refractivity contribution is 6.33. The third kappa shape index (κ3) is 2.96. The molecule has 5 heteroatoms. The van der Waals surface area contributed by atoms with Crippen LogP contribution in [-0.2, 0) is 6.42 Å². The van der Waals surface area contributed by atoms with E-state index < -0.39 is 5.82 Å². The van der Waals surface area contributed by atoms with Crippen LogP contribution in [0.25, 0.3) is 11.1 Å². The highest BCUT2D eigenvalue weighted by atomic mass is 35.5. The third-order valence-corrected chi connectivity index (χ3v) is 5.10. The predicted octanol–water partition coefficient (Wildman–Crippen LogP) is 5.64. The molecule has 136 valence electrons. The molecule has 4 rings (SSSR count). The molecule has 0 saturated heterocycles. The molecule has 3 aromatic rings. The molecule has 1 aliphatic heterocycles. The number of benzene rings is 3. The number of carbonyl (C=O) groups excluding carboxylic acids is 1. The number of fused-ring (bicyclic) bond motifs is 1. The minimum atomic E-state index is -0.611. The Hall–Kier alpha value is -2.85. The van der Waals surface area contributed by atoms with Gasteiger partial charge in [-0.3, -0.25) is 4.79 Å². The number of hydrogen-bond acceptors (Lipinski definition) is 3.